The van der Waals surface area contributed by atoms with E-state index in [0.717, 1.165) is 0 Å². The SMILES string of the molecule is C=N/C(CO)=C(F)\C=C/C. The molecule has 0 heterocycles. The van der Waals surface area contributed by atoms with Crippen molar-refractivity contribution in [1.82, 2.24) is 0 Å². The lowest BCUT2D eigenvalue weighted by Crippen LogP contribution is -1.87. The van der Waals surface area contributed by atoms with Crippen molar-refractivity contribution < 1.29 is 9.50 Å². The molecule has 0 aliphatic rings. The van der Waals surface area contributed by atoms with Gasteiger partial charge in [0.2, 0.25) is 0 Å². The number of halogens is 1. The minimum atomic E-state index is -0.542. The summed E-state index contributed by atoms with van der Waals surface area (Å²) in [5.74, 6) is -0.542. The van der Waals surface area contributed by atoms with Crippen LogP contribution >= 0.6 is 0 Å². The normalized spacial score (nSPS) is 13.5. The maximum atomic E-state index is 12.6. The second-order valence-electron chi connectivity index (χ2n) is 1.61. The molecule has 56 valence electrons. The Morgan fingerprint density at radius 2 is 2.40 bits per heavy atom. The molecule has 0 saturated heterocycles. The van der Waals surface area contributed by atoms with E-state index in [0.29, 0.717) is 0 Å². The second kappa shape index (κ2) is 4.88. The van der Waals surface area contributed by atoms with Gasteiger partial charge in [0.1, 0.15) is 11.5 Å². The van der Waals surface area contributed by atoms with Crippen LogP contribution in [-0.2, 0) is 0 Å². The Morgan fingerprint density at radius 1 is 1.80 bits per heavy atom. The van der Waals surface area contributed by atoms with E-state index in [-0.39, 0.29) is 5.70 Å². The van der Waals surface area contributed by atoms with Gasteiger partial charge in [0.15, 0.2) is 0 Å². The summed E-state index contributed by atoms with van der Waals surface area (Å²) in [6.07, 6.45) is 2.75. The van der Waals surface area contributed by atoms with Crippen LogP contribution in [0.1, 0.15) is 6.92 Å². The number of nitrogens with zero attached hydrogens (tertiary/aromatic N) is 1. The lowest BCUT2D eigenvalue weighted by Gasteiger charge is -1.93. The molecule has 2 nitrogen and oxygen atoms in total. The second-order valence-corrected chi connectivity index (χ2v) is 1.61. The van der Waals surface area contributed by atoms with Gasteiger partial charge in [-0.1, -0.05) is 6.08 Å². The molecular weight excluding hydrogens is 133 g/mol. The fraction of sp³-hybridized carbons (Fsp3) is 0.286. The van der Waals surface area contributed by atoms with E-state index in [2.05, 4.69) is 11.7 Å². The first kappa shape index (κ1) is 9.04. The van der Waals surface area contributed by atoms with Gasteiger partial charge in [-0.3, -0.25) is 4.99 Å². The Hall–Kier alpha value is -0.960. The number of hydrogen-bond donors (Lipinski definition) is 1. The molecule has 0 fully saturated rings. The third-order valence-corrected chi connectivity index (χ3v) is 0.929. The van der Waals surface area contributed by atoms with Crippen LogP contribution in [0.3, 0.4) is 0 Å². The number of aliphatic imine (C=N–C) groups is 1. The van der Waals surface area contributed by atoms with Crippen LogP contribution in [0.2, 0.25) is 0 Å². The molecule has 0 aliphatic heterocycles. The molecule has 0 atom stereocenters. The van der Waals surface area contributed by atoms with Gasteiger partial charge < -0.3 is 5.11 Å². The van der Waals surface area contributed by atoms with E-state index >= 15 is 0 Å². The molecule has 0 unspecified atom stereocenters. The average Bonchev–Trinajstić information content (AvgIpc) is 1.91. The first-order valence-electron chi connectivity index (χ1n) is 2.85. The molecular formula is C7H10FNO. The van der Waals surface area contributed by atoms with Gasteiger partial charge >= 0.3 is 0 Å². The van der Waals surface area contributed by atoms with Crippen molar-refractivity contribution in [1.29, 1.82) is 0 Å². The molecule has 0 aliphatic carbocycles. The van der Waals surface area contributed by atoms with Crippen molar-refractivity contribution in [2.75, 3.05) is 6.61 Å². The summed E-state index contributed by atoms with van der Waals surface area (Å²) >= 11 is 0. The number of aliphatic hydroxyl groups is 1. The van der Waals surface area contributed by atoms with E-state index in [1.807, 2.05) is 0 Å². The van der Waals surface area contributed by atoms with Gasteiger partial charge in [0, 0.05) is 0 Å². The Bertz CT molecular complexity index is 172. The molecule has 0 amide bonds. The van der Waals surface area contributed by atoms with Crippen molar-refractivity contribution in [3.63, 3.8) is 0 Å². The van der Waals surface area contributed by atoms with E-state index in [1.165, 1.54) is 12.2 Å². The first-order valence-corrected chi connectivity index (χ1v) is 2.85. The van der Waals surface area contributed by atoms with Gasteiger partial charge in [-0.15, -0.1) is 0 Å². The summed E-state index contributed by atoms with van der Waals surface area (Å²) in [5.41, 5.74) is -0.0295. The maximum Gasteiger partial charge on any atom is 0.146 e. The molecule has 0 aromatic rings. The number of rotatable bonds is 3. The van der Waals surface area contributed by atoms with Crippen LogP contribution in [0.25, 0.3) is 0 Å². The third-order valence-electron chi connectivity index (χ3n) is 0.929. The van der Waals surface area contributed by atoms with Crippen LogP contribution in [-0.4, -0.2) is 18.4 Å². The molecule has 0 rings (SSSR count). The van der Waals surface area contributed by atoms with E-state index in [9.17, 15) is 4.39 Å². The lowest BCUT2D eigenvalue weighted by atomic mass is 10.3. The van der Waals surface area contributed by atoms with Gasteiger partial charge in [0.05, 0.1) is 6.61 Å². The minimum absolute atomic E-state index is 0.0295. The fourth-order valence-electron chi connectivity index (χ4n) is 0.444. The summed E-state index contributed by atoms with van der Waals surface area (Å²) in [6, 6.07) is 0. The Labute approximate surface area is 59.4 Å². The number of hydrogen-bond acceptors (Lipinski definition) is 2. The molecule has 0 aromatic carbocycles. The highest BCUT2D eigenvalue weighted by atomic mass is 19.1. The van der Waals surface area contributed by atoms with Crippen molar-refractivity contribution in [2.24, 2.45) is 4.99 Å². The lowest BCUT2D eigenvalue weighted by molar-refractivity contribution is 0.326. The largest absolute Gasteiger partial charge is 0.390 e. The molecule has 3 heteroatoms. The van der Waals surface area contributed by atoms with Crippen molar-refractivity contribution in [3.05, 3.63) is 23.7 Å². The summed E-state index contributed by atoms with van der Waals surface area (Å²) in [5, 5.41) is 8.46. The zero-order valence-corrected chi connectivity index (χ0v) is 5.84. The standard InChI is InChI=1S/C7H10FNO/c1-3-4-6(8)7(5-10)9-2/h3-4,10H,2,5H2,1H3/b4-3-,7-6+. The van der Waals surface area contributed by atoms with E-state index in [4.69, 9.17) is 5.11 Å². The monoisotopic (exact) mass is 143 g/mol. The quantitative estimate of drug-likeness (QED) is 0.470. The summed E-state index contributed by atoms with van der Waals surface area (Å²) in [4.78, 5) is 3.28. The minimum Gasteiger partial charge on any atom is -0.390 e. The molecule has 1 N–H and O–H groups in total. The third kappa shape index (κ3) is 2.55. The van der Waals surface area contributed by atoms with E-state index < -0.39 is 12.4 Å². The van der Waals surface area contributed by atoms with Crippen LogP contribution < -0.4 is 0 Å². The zero-order valence-electron chi connectivity index (χ0n) is 5.84. The predicted molar refractivity (Wildman–Crippen MR) is 39.6 cm³/mol. The molecule has 0 aromatic heterocycles. The summed E-state index contributed by atoms with van der Waals surface area (Å²) < 4.78 is 12.6. The van der Waals surface area contributed by atoms with Crippen LogP contribution in [0.15, 0.2) is 28.7 Å². The van der Waals surface area contributed by atoms with Gasteiger partial charge in [-0.05, 0) is 19.7 Å². The first-order chi connectivity index (χ1) is 4.76. The highest BCUT2D eigenvalue weighted by Crippen LogP contribution is 2.07. The number of allylic oxidation sites excluding steroid dienone is 3. The van der Waals surface area contributed by atoms with Gasteiger partial charge in [-0.2, -0.15) is 0 Å². The highest BCUT2D eigenvalue weighted by molar-refractivity contribution is 5.32. The van der Waals surface area contributed by atoms with Crippen LogP contribution in [0.4, 0.5) is 4.39 Å². The predicted octanol–water partition coefficient (Wildman–Crippen LogP) is 1.44. The number of aliphatic hydroxyl groups excluding tert-OH is 1. The highest BCUT2D eigenvalue weighted by Gasteiger charge is 1.97. The van der Waals surface area contributed by atoms with Gasteiger partial charge in [0.25, 0.3) is 0 Å². The van der Waals surface area contributed by atoms with Crippen molar-refractivity contribution >= 4 is 6.72 Å². The topological polar surface area (TPSA) is 32.6 Å². The molecule has 0 spiro atoms. The van der Waals surface area contributed by atoms with Crippen LogP contribution in [0.5, 0.6) is 0 Å². The summed E-state index contributed by atoms with van der Waals surface area (Å²) in [6.45, 7) is 4.35. The van der Waals surface area contributed by atoms with Crippen molar-refractivity contribution in [2.45, 2.75) is 6.92 Å². The molecule has 10 heavy (non-hydrogen) atoms. The van der Waals surface area contributed by atoms with Gasteiger partial charge in [-0.25, -0.2) is 4.39 Å². The van der Waals surface area contributed by atoms with Crippen molar-refractivity contribution in [3.8, 4) is 0 Å². The van der Waals surface area contributed by atoms with Crippen LogP contribution in [0, 0.1) is 0 Å². The zero-order chi connectivity index (χ0) is 7.98. The Balaban J connectivity index is 4.42. The molecule has 0 saturated carbocycles. The average molecular weight is 143 g/mol. The van der Waals surface area contributed by atoms with E-state index in [1.54, 1.807) is 6.92 Å². The smallest absolute Gasteiger partial charge is 0.146 e. The maximum absolute atomic E-state index is 12.6. The summed E-state index contributed by atoms with van der Waals surface area (Å²) in [7, 11) is 0. The Kier molecular flexibility index (Phi) is 4.41. The Morgan fingerprint density at radius 3 is 2.70 bits per heavy atom. The molecule has 0 radical (unpaired) electrons. The molecule has 0 bridgehead atoms. The fourth-order valence-corrected chi connectivity index (χ4v) is 0.444.